The maximum absolute atomic E-state index is 12.7. The first-order chi connectivity index (χ1) is 11.5. The molecule has 2 aliphatic heterocycles. The van der Waals surface area contributed by atoms with E-state index in [9.17, 15) is 14.4 Å². The van der Waals surface area contributed by atoms with Gasteiger partial charge in [-0.1, -0.05) is 12.1 Å². The number of nitrogens with two attached hydrogens (primary N) is 1. The van der Waals surface area contributed by atoms with Gasteiger partial charge in [-0.05, 0) is 30.0 Å². The number of imide groups is 1. The summed E-state index contributed by atoms with van der Waals surface area (Å²) in [6.07, 6.45) is 1.65. The number of hydrogen-bond acceptors (Lipinski definition) is 5. The van der Waals surface area contributed by atoms with Crippen LogP contribution >= 0.6 is 0 Å². The molecule has 4 rings (SSSR count). The molecule has 0 aromatic heterocycles. The van der Waals surface area contributed by atoms with E-state index in [4.69, 9.17) is 5.73 Å². The predicted octanol–water partition coefficient (Wildman–Crippen LogP) is -0.363. The van der Waals surface area contributed by atoms with Crippen LogP contribution in [0.5, 0.6) is 0 Å². The molecule has 3 atom stereocenters. The topological polar surface area (TPSA) is 105 Å². The molecule has 0 radical (unpaired) electrons. The minimum atomic E-state index is -0.561. The van der Waals surface area contributed by atoms with Crippen LogP contribution < -0.4 is 16.4 Å². The molecule has 1 aromatic carbocycles. The van der Waals surface area contributed by atoms with E-state index in [-0.39, 0.29) is 30.2 Å². The quantitative estimate of drug-likeness (QED) is 0.655. The van der Waals surface area contributed by atoms with Crippen molar-refractivity contribution in [3.05, 3.63) is 34.9 Å². The summed E-state index contributed by atoms with van der Waals surface area (Å²) in [5, 5.41) is 5.68. The molecule has 1 saturated heterocycles. The van der Waals surface area contributed by atoms with Crippen LogP contribution in [0.25, 0.3) is 0 Å². The van der Waals surface area contributed by atoms with Crippen LogP contribution in [0.1, 0.15) is 40.7 Å². The lowest BCUT2D eigenvalue weighted by atomic mass is 10.0. The zero-order valence-electron chi connectivity index (χ0n) is 13.2. The predicted molar refractivity (Wildman–Crippen MR) is 85.7 cm³/mol. The fourth-order valence-corrected chi connectivity index (χ4v) is 3.41. The number of nitrogens with zero attached hydrogens (tertiary/aromatic N) is 1. The number of rotatable bonds is 4. The molecule has 3 aliphatic rings. The number of benzene rings is 1. The molecule has 1 unspecified atom stereocenters. The lowest BCUT2D eigenvalue weighted by molar-refractivity contribution is -0.136. The van der Waals surface area contributed by atoms with E-state index in [1.807, 2.05) is 18.2 Å². The molecule has 0 spiro atoms. The molecular formula is C17H20N4O3. The summed E-state index contributed by atoms with van der Waals surface area (Å²) in [6.45, 7) is 1.10. The summed E-state index contributed by atoms with van der Waals surface area (Å²) < 4.78 is 0. The van der Waals surface area contributed by atoms with E-state index in [0.29, 0.717) is 31.1 Å². The minimum Gasteiger partial charge on any atom is -0.326 e. The van der Waals surface area contributed by atoms with Crippen LogP contribution in [0.4, 0.5) is 0 Å². The molecule has 0 bridgehead atoms. The van der Waals surface area contributed by atoms with Crippen molar-refractivity contribution in [1.29, 1.82) is 0 Å². The van der Waals surface area contributed by atoms with Gasteiger partial charge < -0.3 is 16.0 Å². The Morgan fingerprint density at radius 1 is 1.29 bits per heavy atom. The highest BCUT2D eigenvalue weighted by atomic mass is 16.2. The van der Waals surface area contributed by atoms with Crippen LogP contribution in [-0.2, 0) is 22.7 Å². The molecule has 126 valence electrons. The highest BCUT2D eigenvalue weighted by Crippen LogP contribution is 2.28. The minimum absolute atomic E-state index is 0.135. The Balaban J connectivity index is 1.48. The first-order valence-corrected chi connectivity index (χ1v) is 8.28. The summed E-state index contributed by atoms with van der Waals surface area (Å²) >= 11 is 0. The van der Waals surface area contributed by atoms with Crippen molar-refractivity contribution in [3.63, 3.8) is 0 Å². The van der Waals surface area contributed by atoms with Gasteiger partial charge >= 0.3 is 0 Å². The molecule has 4 N–H and O–H groups in total. The zero-order chi connectivity index (χ0) is 16.8. The fourth-order valence-electron chi connectivity index (χ4n) is 3.41. The number of nitrogens with one attached hydrogen (secondary N) is 2. The molecule has 7 nitrogen and oxygen atoms in total. The maximum Gasteiger partial charge on any atom is 0.255 e. The molecule has 1 aromatic rings. The van der Waals surface area contributed by atoms with Gasteiger partial charge in [-0.2, -0.15) is 0 Å². The molecule has 2 heterocycles. The van der Waals surface area contributed by atoms with Gasteiger partial charge in [-0.15, -0.1) is 0 Å². The molecule has 24 heavy (non-hydrogen) atoms. The lowest BCUT2D eigenvalue weighted by Crippen LogP contribution is -2.52. The first-order valence-electron chi connectivity index (χ1n) is 8.28. The van der Waals surface area contributed by atoms with Crippen molar-refractivity contribution in [2.24, 2.45) is 5.73 Å². The molecule has 3 amide bonds. The third-order valence-electron chi connectivity index (χ3n) is 5.00. The second-order valence-corrected chi connectivity index (χ2v) is 6.78. The van der Waals surface area contributed by atoms with Crippen molar-refractivity contribution in [2.45, 2.75) is 50.5 Å². The normalized spacial score (nSPS) is 28.8. The highest BCUT2D eigenvalue weighted by Gasteiger charge is 2.39. The van der Waals surface area contributed by atoms with Crippen molar-refractivity contribution in [1.82, 2.24) is 15.5 Å². The zero-order valence-corrected chi connectivity index (χ0v) is 13.2. The van der Waals surface area contributed by atoms with Gasteiger partial charge in [0.25, 0.3) is 5.91 Å². The Hall–Kier alpha value is -2.25. The van der Waals surface area contributed by atoms with E-state index in [0.717, 1.165) is 17.5 Å². The molecular weight excluding hydrogens is 308 g/mol. The third-order valence-corrected chi connectivity index (χ3v) is 5.00. The van der Waals surface area contributed by atoms with Crippen molar-refractivity contribution >= 4 is 17.7 Å². The lowest BCUT2D eigenvalue weighted by Gasteiger charge is -2.29. The number of carbonyl (C=O) groups excluding carboxylic acids is 3. The van der Waals surface area contributed by atoms with Crippen molar-refractivity contribution < 1.29 is 14.4 Å². The largest absolute Gasteiger partial charge is 0.326 e. The monoisotopic (exact) mass is 328 g/mol. The van der Waals surface area contributed by atoms with Crippen LogP contribution in [-0.4, -0.2) is 40.7 Å². The van der Waals surface area contributed by atoms with E-state index < -0.39 is 6.04 Å². The summed E-state index contributed by atoms with van der Waals surface area (Å²) in [5.41, 5.74) is 8.39. The highest BCUT2D eigenvalue weighted by molar-refractivity contribution is 6.05. The van der Waals surface area contributed by atoms with Crippen LogP contribution in [0.15, 0.2) is 18.2 Å². The van der Waals surface area contributed by atoms with Gasteiger partial charge in [0.1, 0.15) is 6.04 Å². The fraction of sp³-hybridized carbons (Fsp3) is 0.471. The SMILES string of the molecule is N[C@@H]1C[C@H]1NCc1ccc2c(c1)C(=O)N(C1CCC(=O)NC1=O)C2. The summed E-state index contributed by atoms with van der Waals surface area (Å²) in [7, 11) is 0. The van der Waals surface area contributed by atoms with Crippen LogP contribution in [0.3, 0.4) is 0 Å². The summed E-state index contributed by atoms with van der Waals surface area (Å²) in [5.74, 6) is -0.784. The van der Waals surface area contributed by atoms with E-state index in [1.165, 1.54) is 0 Å². The van der Waals surface area contributed by atoms with E-state index in [1.54, 1.807) is 4.90 Å². The second kappa shape index (κ2) is 5.68. The van der Waals surface area contributed by atoms with Gasteiger partial charge in [0.05, 0.1) is 0 Å². The Bertz CT molecular complexity index is 733. The number of hydrogen-bond donors (Lipinski definition) is 3. The van der Waals surface area contributed by atoms with Gasteiger partial charge in [0, 0.05) is 37.2 Å². The second-order valence-electron chi connectivity index (χ2n) is 6.78. The summed E-state index contributed by atoms with van der Waals surface area (Å²) in [6, 6.07) is 5.89. The smallest absolute Gasteiger partial charge is 0.255 e. The first kappa shape index (κ1) is 15.3. The molecule has 2 fully saturated rings. The van der Waals surface area contributed by atoms with Crippen LogP contribution in [0, 0.1) is 0 Å². The van der Waals surface area contributed by atoms with Gasteiger partial charge in [-0.3, -0.25) is 19.7 Å². The molecule has 1 saturated carbocycles. The molecule has 1 aliphatic carbocycles. The number of carbonyl (C=O) groups is 3. The Labute approximate surface area is 139 Å². The third kappa shape index (κ3) is 2.70. The number of fused-ring (bicyclic) bond motifs is 1. The van der Waals surface area contributed by atoms with Gasteiger partial charge in [0.2, 0.25) is 11.8 Å². The Morgan fingerprint density at radius 3 is 2.79 bits per heavy atom. The van der Waals surface area contributed by atoms with Crippen LogP contribution in [0.2, 0.25) is 0 Å². The number of amides is 3. The standard InChI is InChI=1S/C17H20N4O3/c18-12-6-13(12)19-7-9-1-2-10-8-21(17(24)11(10)5-9)14-3-4-15(22)20-16(14)23/h1-2,5,12-14,19H,3-4,6-8,18H2,(H,20,22,23)/t12-,13-,14?/m1/s1. The average Bonchev–Trinajstić information content (AvgIpc) is 3.17. The summed E-state index contributed by atoms with van der Waals surface area (Å²) in [4.78, 5) is 37.6. The molecule has 7 heteroatoms. The van der Waals surface area contributed by atoms with Gasteiger partial charge in [-0.25, -0.2) is 0 Å². The van der Waals surface area contributed by atoms with Gasteiger partial charge in [0.15, 0.2) is 0 Å². The average molecular weight is 328 g/mol. The maximum atomic E-state index is 12.7. The van der Waals surface area contributed by atoms with Crippen molar-refractivity contribution in [2.75, 3.05) is 0 Å². The van der Waals surface area contributed by atoms with E-state index in [2.05, 4.69) is 10.6 Å². The van der Waals surface area contributed by atoms with Crippen molar-refractivity contribution in [3.8, 4) is 0 Å². The Kier molecular flexibility index (Phi) is 3.62. The number of piperidine rings is 1. The Morgan fingerprint density at radius 2 is 2.08 bits per heavy atom. The van der Waals surface area contributed by atoms with E-state index >= 15 is 0 Å².